The summed E-state index contributed by atoms with van der Waals surface area (Å²) >= 11 is 6.57. The van der Waals surface area contributed by atoms with Crippen LogP contribution in [0.25, 0.3) is 10.7 Å². The Morgan fingerprint density at radius 3 is 3.05 bits per heavy atom. The molecule has 2 aromatic rings. The van der Waals surface area contributed by atoms with Gasteiger partial charge in [0.1, 0.15) is 0 Å². The van der Waals surface area contributed by atoms with Crippen molar-refractivity contribution < 1.29 is 4.79 Å². The Bertz CT molecular complexity index is 697. The van der Waals surface area contributed by atoms with E-state index in [0.29, 0.717) is 28.7 Å². The van der Waals surface area contributed by atoms with E-state index in [-0.39, 0.29) is 5.91 Å². The van der Waals surface area contributed by atoms with Crippen LogP contribution in [0.2, 0.25) is 0 Å². The molecular weight excluding hydrogens is 294 g/mol. The van der Waals surface area contributed by atoms with Crippen molar-refractivity contribution in [1.82, 2.24) is 19.7 Å². The van der Waals surface area contributed by atoms with E-state index in [1.165, 1.54) is 11.3 Å². The van der Waals surface area contributed by atoms with Gasteiger partial charge in [0.05, 0.1) is 10.6 Å². The molecule has 1 amide bonds. The van der Waals surface area contributed by atoms with Crippen LogP contribution in [-0.2, 0) is 11.3 Å². The molecule has 2 rings (SSSR count). The predicted octanol–water partition coefficient (Wildman–Crippen LogP) is 2.91. The van der Waals surface area contributed by atoms with Crippen molar-refractivity contribution in [3.8, 4) is 10.7 Å². The number of carbonyl (C=O) groups is 1. The van der Waals surface area contributed by atoms with Crippen LogP contribution >= 0.6 is 23.6 Å². The number of rotatable bonds is 5. The molecule has 0 atom stereocenters. The second kappa shape index (κ2) is 6.10. The number of aryl methyl sites for hydroxylation is 1. The number of aromatic amines is 1. The molecule has 0 saturated heterocycles. The van der Waals surface area contributed by atoms with Gasteiger partial charge >= 0.3 is 0 Å². The number of carbonyl (C=O) groups excluding carboxylic acids is 1. The summed E-state index contributed by atoms with van der Waals surface area (Å²) in [6.07, 6.45) is 2.17. The van der Waals surface area contributed by atoms with E-state index in [2.05, 4.69) is 27.1 Å². The predicted molar refractivity (Wildman–Crippen MR) is 82.4 cm³/mol. The van der Waals surface area contributed by atoms with Gasteiger partial charge in [-0.05, 0) is 19.1 Å². The Labute approximate surface area is 125 Å². The number of hydrogen-bond acceptors (Lipinski definition) is 5. The Kier molecular flexibility index (Phi) is 4.46. The number of H-pyrrole nitrogens is 1. The summed E-state index contributed by atoms with van der Waals surface area (Å²) < 4.78 is 2.38. The zero-order valence-electron chi connectivity index (χ0n) is 11.3. The fraction of sp³-hybridized carbons (Fsp3) is 0.333. The molecule has 0 unspecified atom stereocenters. The summed E-state index contributed by atoms with van der Waals surface area (Å²) in [4.78, 5) is 16.6. The Hall–Kier alpha value is -1.80. The molecule has 0 spiro atoms. The van der Waals surface area contributed by atoms with Crippen molar-refractivity contribution in [3.63, 3.8) is 0 Å². The minimum absolute atomic E-state index is 0.0599. The van der Waals surface area contributed by atoms with Gasteiger partial charge in [-0.15, -0.1) is 6.58 Å². The highest BCUT2D eigenvalue weighted by Crippen LogP contribution is 2.31. The molecule has 20 heavy (non-hydrogen) atoms. The van der Waals surface area contributed by atoms with Crippen molar-refractivity contribution in [1.29, 1.82) is 0 Å². The van der Waals surface area contributed by atoms with Crippen molar-refractivity contribution in [3.05, 3.63) is 23.1 Å². The maximum Gasteiger partial charge on any atom is 0.225 e. The quantitative estimate of drug-likeness (QED) is 0.658. The molecule has 8 heteroatoms. The van der Waals surface area contributed by atoms with Gasteiger partial charge in [-0.3, -0.25) is 14.5 Å². The molecule has 6 nitrogen and oxygen atoms in total. The second-order valence-electron chi connectivity index (χ2n) is 4.09. The molecule has 0 fully saturated rings. The number of allylic oxidation sites excluding steroid dienone is 1. The first-order valence-electron chi connectivity index (χ1n) is 6.10. The molecule has 0 aliphatic heterocycles. The molecule has 0 saturated carbocycles. The normalized spacial score (nSPS) is 10.5. The van der Waals surface area contributed by atoms with Gasteiger partial charge in [-0.1, -0.05) is 24.3 Å². The number of amides is 1. The minimum Gasteiger partial charge on any atom is -0.302 e. The molecule has 0 bridgehead atoms. The number of aromatic nitrogens is 4. The first-order valence-corrected chi connectivity index (χ1v) is 7.33. The third kappa shape index (κ3) is 2.86. The van der Waals surface area contributed by atoms with Crippen molar-refractivity contribution in [2.75, 3.05) is 5.32 Å². The average Bonchev–Trinajstić information content (AvgIpc) is 2.94. The number of nitrogens with one attached hydrogen (secondary N) is 2. The molecule has 2 heterocycles. The van der Waals surface area contributed by atoms with E-state index in [1.807, 2.05) is 11.5 Å². The van der Waals surface area contributed by atoms with E-state index in [9.17, 15) is 4.79 Å². The van der Waals surface area contributed by atoms with Crippen LogP contribution in [0.15, 0.2) is 12.7 Å². The average molecular weight is 309 g/mol. The maximum atomic E-state index is 11.4. The highest BCUT2D eigenvalue weighted by molar-refractivity contribution is 7.71. The van der Waals surface area contributed by atoms with Crippen LogP contribution in [0.1, 0.15) is 19.0 Å². The topological polar surface area (TPSA) is 75.6 Å². The fourth-order valence-corrected chi connectivity index (χ4v) is 2.84. The zero-order valence-corrected chi connectivity index (χ0v) is 12.9. The number of anilines is 1. The van der Waals surface area contributed by atoms with Crippen molar-refractivity contribution in [2.45, 2.75) is 26.8 Å². The third-order valence-electron chi connectivity index (χ3n) is 2.64. The summed E-state index contributed by atoms with van der Waals surface area (Å²) in [7, 11) is 0. The molecule has 0 radical (unpaired) electrons. The summed E-state index contributed by atoms with van der Waals surface area (Å²) in [6, 6.07) is 0. The van der Waals surface area contributed by atoms with Gasteiger partial charge in [0.2, 0.25) is 5.91 Å². The van der Waals surface area contributed by atoms with Crippen LogP contribution in [0.4, 0.5) is 5.13 Å². The first kappa shape index (κ1) is 14.6. The molecule has 0 aliphatic rings. The van der Waals surface area contributed by atoms with E-state index < -0.39 is 0 Å². The number of nitrogens with zero attached hydrogens (tertiary/aromatic N) is 3. The SMILES string of the molecule is C=CCn1c(-c2sc(NC(=O)CC)nc2C)n[nH]c1=S. The van der Waals surface area contributed by atoms with Crippen LogP contribution in [0.3, 0.4) is 0 Å². The molecule has 0 aliphatic carbocycles. The summed E-state index contributed by atoms with van der Waals surface area (Å²) in [5.74, 6) is 0.650. The van der Waals surface area contributed by atoms with Crippen LogP contribution in [0, 0.1) is 11.7 Å². The van der Waals surface area contributed by atoms with Gasteiger partial charge in [0.25, 0.3) is 0 Å². The lowest BCUT2D eigenvalue weighted by Gasteiger charge is -2.01. The highest BCUT2D eigenvalue weighted by atomic mass is 32.1. The van der Waals surface area contributed by atoms with Crippen molar-refractivity contribution in [2.24, 2.45) is 0 Å². The fourth-order valence-electron chi connectivity index (χ4n) is 1.65. The lowest BCUT2D eigenvalue weighted by Crippen LogP contribution is -2.08. The molecule has 0 aromatic carbocycles. The third-order valence-corrected chi connectivity index (χ3v) is 4.02. The van der Waals surface area contributed by atoms with E-state index in [1.54, 1.807) is 13.0 Å². The molecule has 106 valence electrons. The highest BCUT2D eigenvalue weighted by Gasteiger charge is 2.16. The minimum atomic E-state index is -0.0599. The molecular formula is C12H15N5OS2. The van der Waals surface area contributed by atoms with E-state index in [4.69, 9.17) is 12.2 Å². The van der Waals surface area contributed by atoms with Gasteiger partial charge in [-0.25, -0.2) is 4.98 Å². The summed E-state index contributed by atoms with van der Waals surface area (Å²) in [5, 5.41) is 10.3. The van der Waals surface area contributed by atoms with E-state index >= 15 is 0 Å². The Morgan fingerprint density at radius 2 is 2.40 bits per heavy atom. The number of hydrogen-bond donors (Lipinski definition) is 2. The monoisotopic (exact) mass is 309 g/mol. The van der Waals surface area contributed by atoms with Crippen LogP contribution in [-0.4, -0.2) is 25.7 Å². The largest absolute Gasteiger partial charge is 0.302 e. The smallest absolute Gasteiger partial charge is 0.225 e. The maximum absolute atomic E-state index is 11.4. The lowest BCUT2D eigenvalue weighted by molar-refractivity contribution is -0.115. The lowest BCUT2D eigenvalue weighted by atomic mass is 10.3. The van der Waals surface area contributed by atoms with Gasteiger partial charge < -0.3 is 5.32 Å². The van der Waals surface area contributed by atoms with Gasteiger partial charge in [0, 0.05) is 13.0 Å². The summed E-state index contributed by atoms with van der Waals surface area (Å²) in [5.41, 5.74) is 0.806. The molecule has 2 N–H and O–H groups in total. The standard InChI is InChI=1S/C12H15N5OS2/c1-4-6-17-10(15-16-12(17)19)9-7(3)13-11(20-9)14-8(18)5-2/h4H,1,5-6H2,2-3H3,(H,16,19)(H,13,14,18). The Morgan fingerprint density at radius 1 is 1.65 bits per heavy atom. The van der Waals surface area contributed by atoms with Crippen LogP contribution in [0.5, 0.6) is 0 Å². The molecule has 2 aromatic heterocycles. The van der Waals surface area contributed by atoms with Crippen LogP contribution < -0.4 is 5.32 Å². The van der Waals surface area contributed by atoms with Crippen molar-refractivity contribution >= 4 is 34.6 Å². The first-order chi connectivity index (χ1) is 9.56. The van der Waals surface area contributed by atoms with E-state index in [0.717, 1.165) is 10.6 Å². The number of thiazole rings is 1. The summed E-state index contributed by atoms with van der Waals surface area (Å²) in [6.45, 7) is 7.96. The second-order valence-corrected chi connectivity index (χ2v) is 5.47. The van der Waals surface area contributed by atoms with Gasteiger partial charge in [-0.2, -0.15) is 5.10 Å². The van der Waals surface area contributed by atoms with Gasteiger partial charge in [0.15, 0.2) is 15.7 Å². The Balaban J connectivity index is 2.41. The zero-order chi connectivity index (χ0) is 14.7.